The molecule has 4 fully saturated rings. The van der Waals surface area contributed by atoms with Crippen molar-refractivity contribution >= 4 is 44.6 Å². The van der Waals surface area contributed by atoms with Gasteiger partial charge in [-0.05, 0) is 127 Å². The number of nitrogens with zero attached hydrogens (tertiary/aromatic N) is 5. The zero-order chi connectivity index (χ0) is 37.5. The predicted octanol–water partition coefficient (Wildman–Crippen LogP) is 12.1. The number of aromatic nitrogens is 3. The minimum absolute atomic E-state index is 0. The Labute approximate surface area is 353 Å². The molecule has 5 aliphatic rings. The van der Waals surface area contributed by atoms with Crippen molar-refractivity contribution in [2.75, 3.05) is 9.80 Å². The molecule has 4 aliphatic carbocycles. The van der Waals surface area contributed by atoms with Crippen LogP contribution in [0.15, 0.2) is 152 Å². The second-order valence-electron chi connectivity index (χ2n) is 16.4. The van der Waals surface area contributed by atoms with Crippen LogP contribution in [0.1, 0.15) is 43.2 Å². The van der Waals surface area contributed by atoms with Gasteiger partial charge in [-0.3, -0.25) is 4.98 Å². The number of hydrogen-bond donors (Lipinski definition) is 0. The zero-order valence-electron chi connectivity index (χ0n) is 31.8. The van der Waals surface area contributed by atoms with E-state index in [2.05, 4.69) is 147 Å². The maximum Gasteiger partial charge on any atom is 0.135 e. The Morgan fingerprint density at radius 2 is 1.29 bits per heavy atom. The first kappa shape index (κ1) is 35.5. The average Bonchev–Trinajstić information content (AvgIpc) is 3.81. The number of hydrogen-bond acceptors (Lipinski definition) is 5. The van der Waals surface area contributed by atoms with E-state index >= 15 is 0 Å². The molecule has 13 rings (SSSR count). The Morgan fingerprint density at radius 3 is 2.09 bits per heavy atom. The van der Waals surface area contributed by atoms with Gasteiger partial charge in [-0.25, -0.2) is 4.98 Å². The third-order valence-corrected chi connectivity index (χ3v) is 13.5. The van der Waals surface area contributed by atoms with E-state index in [1.165, 1.54) is 48.6 Å². The summed E-state index contributed by atoms with van der Waals surface area (Å²) in [6, 6.07) is 54.2. The quantitative estimate of drug-likeness (QED) is 0.149. The Morgan fingerprint density at radius 1 is 0.603 bits per heavy atom. The van der Waals surface area contributed by atoms with Crippen molar-refractivity contribution < 1.29 is 25.8 Å². The van der Waals surface area contributed by atoms with Gasteiger partial charge in [0.1, 0.15) is 5.82 Å². The Kier molecular flexibility index (Phi) is 8.55. The number of rotatable bonds is 7. The van der Waals surface area contributed by atoms with Crippen LogP contribution in [0, 0.1) is 42.5 Å². The molecule has 0 saturated heterocycles. The molecular weight excluding hydrogens is 894 g/mol. The van der Waals surface area contributed by atoms with Gasteiger partial charge in [-0.15, -0.1) is 48.1 Å². The first-order valence-corrected chi connectivity index (χ1v) is 20.3. The molecule has 0 amide bonds. The summed E-state index contributed by atoms with van der Waals surface area (Å²) in [6.07, 6.45) is 12.7. The van der Waals surface area contributed by atoms with E-state index in [4.69, 9.17) is 9.72 Å². The molecule has 58 heavy (non-hydrogen) atoms. The molecule has 0 radical (unpaired) electrons. The molecule has 0 atom stereocenters. The molecule has 288 valence electrons. The van der Waals surface area contributed by atoms with Crippen molar-refractivity contribution in [2.45, 2.75) is 37.5 Å². The smallest absolute Gasteiger partial charge is 0.135 e. The van der Waals surface area contributed by atoms with E-state index in [0.717, 1.165) is 56.8 Å². The van der Waals surface area contributed by atoms with E-state index in [1.54, 1.807) is 0 Å². The second-order valence-corrected chi connectivity index (χ2v) is 16.4. The topological polar surface area (TPSA) is 46.4 Å². The van der Waals surface area contributed by atoms with Gasteiger partial charge in [0.15, 0.2) is 0 Å². The minimum atomic E-state index is -0.0446. The third kappa shape index (κ3) is 5.48. The van der Waals surface area contributed by atoms with E-state index in [9.17, 15) is 0 Å². The van der Waals surface area contributed by atoms with Crippen LogP contribution in [-0.4, -0.2) is 14.5 Å². The van der Waals surface area contributed by atoms with Crippen molar-refractivity contribution in [1.82, 2.24) is 14.5 Å². The van der Waals surface area contributed by atoms with Crippen LogP contribution in [0.2, 0.25) is 0 Å². The molecule has 8 aromatic rings. The average molecular weight is 934 g/mol. The summed E-state index contributed by atoms with van der Waals surface area (Å²) < 4.78 is 8.91. The fraction of sp³-hybridized carbons (Fsp3) is 0.196. The predicted molar refractivity (Wildman–Crippen MR) is 226 cm³/mol. The van der Waals surface area contributed by atoms with E-state index in [-0.39, 0.29) is 26.5 Å². The van der Waals surface area contributed by atoms with Crippen LogP contribution in [0.5, 0.6) is 11.5 Å². The Balaban J connectivity index is 0.00000385. The van der Waals surface area contributed by atoms with E-state index in [1.807, 2.05) is 42.9 Å². The van der Waals surface area contributed by atoms with Crippen LogP contribution in [0.3, 0.4) is 0 Å². The molecule has 1 aliphatic heterocycles. The number of para-hydroxylation sites is 4. The Bertz CT molecular complexity index is 2770. The molecule has 0 N–H and O–H groups in total. The number of benzene rings is 5. The molecule has 4 bridgehead atoms. The van der Waals surface area contributed by atoms with Gasteiger partial charge < -0.3 is 19.1 Å². The number of ether oxygens (including phenoxy) is 1. The molecule has 6 nitrogen and oxygen atoms in total. The van der Waals surface area contributed by atoms with Crippen LogP contribution < -0.4 is 14.5 Å². The van der Waals surface area contributed by atoms with Gasteiger partial charge >= 0.3 is 0 Å². The SMILES string of the molecule is [Pt].[c-]1c(Oc2[c-]c3c(cc2)c2ccccc2n3-c2cc(C3(c4ccncc4)C4CC5CC(C4)CC3C5)ccn2)cccc1N1[CH-]N(c2ccccc2)c2ccccc21. The van der Waals surface area contributed by atoms with Crippen LogP contribution in [0.4, 0.5) is 22.7 Å². The van der Waals surface area contributed by atoms with Gasteiger partial charge in [-0.1, -0.05) is 54.0 Å². The van der Waals surface area contributed by atoms with Crippen molar-refractivity contribution in [2.24, 2.45) is 23.7 Å². The summed E-state index contributed by atoms with van der Waals surface area (Å²) in [7, 11) is 0. The number of fused-ring (bicyclic) bond motifs is 4. The Hall–Kier alpha value is -5.71. The molecule has 0 unspecified atom stereocenters. The second kappa shape index (κ2) is 14.0. The van der Waals surface area contributed by atoms with Gasteiger partial charge in [-0.2, -0.15) is 12.1 Å². The molecule has 7 heteroatoms. The molecule has 5 aromatic carbocycles. The van der Waals surface area contributed by atoms with Crippen molar-refractivity contribution in [1.29, 1.82) is 0 Å². The molecular formula is C51H40N5OPt-3. The maximum absolute atomic E-state index is 6.63. The van der Waals surface area contributed by atoms with Gasteiger partial charge in [0.05, 0.1) is 0 Å². The molecule has 4 saturated carbocycles. The standard InChI is InChI=1S/C51H40N5O.Pt/c1-2-9-40(10-3-1)54-33-55(48-16-7-6-15-47(48)54)41-11-8-12-42(31-41)57-43-17-18-45-44-13-4-5-14-46(44)56(49(45)32-43)50-30-37(21-24-53-50)51(36-19-22-52-23-20-36)38-26-34-25-35(28-38)29-39(51)27-34;/h1-24,30,33-35,38-39H,25-29H2;/q-3;. The zero-order valence-corrected chi connectivity index (χ0v) is 34.1. The van der Waals surface area contributed by atoms with E-state index in [0.29, 0.717) is 23.3 Å². The molecule has 4 heterocycles. The van der Waals surface area contributed by atoms with Crippen LogP contribution in [-0.2, 0) is 26.5 Å². The van der Waals surface area contributed by atoms with Crippen LogP contribution >= 0.6 is 0 Å². The first-order chi connectivity index (χ1) is 28.2. The van der Waals surface area contributed by atoms with Crippen molar-refractivity contribution in [3.63, 3.8) is 0 Å². The fourth-order valence-corrected chi connectivity index (χ4v) is 11.5. The number of pyridine rings is 2. The van der Waals surface area contributed by atoms with Crippen molar-refractivity contribution in [3.05, 3.63) is 182 Å². The monoisotopic (exact) mass is 933 g/mol. The fourth-order valence-electron chi connectivity index (χ4n) is 11.5. The summed E-state index contributed by atoms with van der Waals surface area (Å²) in [5.41, 5.74) is 8.98. The maximum atomic E-state index is 6.63. The van der Waals surface area contributed by atoms with Crippen molar-refractivity contribution in [3.8, 4) is 17.3 Å². The third-order valence-electron chi connectivity index (χ3n) is 13.5. The largest absolute Gasteiger partial charge is 0.509 e. The number of anilines is 4. The minimum Gasteiger partial charge on any atom is -0.509 e. The van der Waals surface area contributed by atoms with Crippen LogP contribution in [0.25, 0.3) is 27.6 Å². The summed E-state index contributed by atoms with van der Waals surface area (Å²) in [4.78, 5) is 13.9. The van der Waals surface area contributed by atoms with Gasteiger partial charge in [0, 0.05) is 79.1 Å². The summed E-state index contributed by atoms with van der Waals surface area (Å²) in [5.74, 6) is 5.13. The van der Waals surface area contributed by atoms with Gasteiger partial charge in [0.25, 0.3) is 0 Å². The van der Waals surface area contributed by atoms with E-state index < -0.39 is 0 Å². The molecule has 3 aromatic heterocycles. The normalized spacial score (nSPS) is 23.0. The van der Waals surface area contributed by atoms with Gasteiger partial charge in [0.2, 0.25) is 0 Å². The summed E-state index contributed by atoms with van der Waals surface area (Å²) in [5, 5.41) is 2.28. The summed E-state index contributed by atoms with van der Waals surface area (Å²) in [6.45, 7) is 2.12. The molecule has 0 spiro atoms. The first-order valence-electron chi connectivity index (χ1n) is 20.3. The summed E-state index contributed by atoms with van der Waals surface area (Å²) >= 11 is 0.